The van der Waals surface area contributed by atoms with Crippen molar-refractivity contribution in [3.8, 4) is 0 Å². The van der Waals surface area contributed by atoms with Crippen LogP contribution in [0.25, 0.3) is 5.52 Å². The maximum absolute atomic E-state index is 6.55. The Balaban J connectivity index is 1.59. The largest absolute Gasteiger partial charge is 0.364 e. The molecule has 2 heterocycles. The monoisotopic (exact) mass is 389 g/mol. The third-order valence-corrected chi connectivity index (χ3v) is 5.30. The lowest BCUT2D eigenvalue weighted by Crippen LogP contribution is -2.23. The molecule has 26 heavy (non-hydrogen) atoms. The highest BCUT2D eigenvalue weighted by molar-refractivity contribution is 6.31. The number of nitrogens with two attached hydrogens (primary N) is 1. The Morgan fingerprint density at radius 2 is 2.00 bits per heavy atom. The Morgan fingerprint density at radius 3 is 2.73 bits per heavy atom. The van der Waals surface area contributed by atoms with Crippen molar-refractivity contribution < 1.29 is 0 Å². The maximum atomic E-state index is 6.55. The fourth-order valence-electron chi connectivity index (χ4n) is 3.25. The number of hydrogen-bond donors (Lipinski definition) is 2. The third-order valence-electron chi connectivity index (χ3n) is 4.74. The maximum Gasteiger partial charge on any atom is 0.243 e. The van der Waals surface area contributed by atoms with Gasteiger partial charge in [0, 0.05) is 12.6 Å². The molecule has 4 rings (SSSR count). The second-order valence-corrected chi connectivity index (χ2v) is 7.67. The highest BCUT2D eigenvalue weighted by Gasteiger charge is 2.25. The third kappa shape index (κ3) is 3.95. The van der Waals surface area contributed by atoms with Crippen molar-refractivity contribution in [1.82, 2.24) is 14.6 Å². The standard InChI is InChI=1S/C19H21Cl2N5/c20-17-14(9-15(22)8-12-6-7-12)10-16-18(24-19(21)25-26(16)17)23-11-13-4-2-1-3-5-13/h1-5,10,12,15H,6-9,11,22H2,(H,23,24,25)/t15-/m0/s1. The van der Waals surface area contributed by atoms with Crippen molar-refractivity contribution >= 4 is 34.5 Å². The summed E-state index contributed by atoms with van der Waals surface area (Å²) in [6, 6.07) is 12.2. The van der Waals surface area contributed by atoms with Crippen LogP contribution in [-0.2, 0) is 13.0 Å². The van der Waals surface area contributed by atoms with Gasteiger partial charge in [0.25, 0.3) is 0 Å². The number of nitrogens with one attached hydrogen (secondary N) is 1. The van der Waals surface area contributed by atoms with E-state index in [0.29, 0.717) is 17.5 Å². The first kappa shape index (κ1) is 17.6. The zero-order chi connectivity index (χ0) is 18.1. The van der Waals surface area contributed by atoms with Crippen molar-refractivity contribution in [2.45, 2.75) is 38.3 Å². The number of rotatable bonds is 7. The summed E-state index contributed by atoms with van der Waals surface area (Å²) in [4.78, 5) is 4.34. The van der Waals surface area contributed by atoms with Crippen LogP contribution in [0.15, 0.2) is 36.4 Å². The van der Waals surface area contributed by atoms with E-state index in [1.165, 1.54) is 12.8 Å². The summed E-state index contributed by atoms with van der Waals surface area (Å²) in [5.74, 6) is 1.45. The summed E-state index contributed by atoms with van der Waals surface area (Å²) in [5.41, 5.74) is 9.25. The van der Waals surface area contributed by atoms with Crippen molar-refractivity contribution in [1.29, 1.82) is 0 Å². The SMILES string of the molecule is N[C@H](Cc1cc2c(NCc3ccccc3)nc(Cl)nn2c1Cl)CC1CC1. The van der Waals surface area contributed by atoms with E-state index in [0.717, 1.165) is 35.4 Å². The van der Waals surface area contributed by atoms with Crippen LogP contribution < -0.4 is 11.1 Å². The number of nitrogens with zero attached hydrogens (tertiary/aromatic N) is 3. The molecule has 0 aliphatic heterocycles. The smallest absolute Gasteiger partial charge is 0.243 e. The summed E-state index contributed by atoms with van der Waals surface area (Å²) in [7, 11) is 0. The van der Waals surface area contributed by atoms with Crippen LogP contribution >= 0.6 is 23.2 Å². The lowest BCUT2D eigenvalue weighted by molar-refractivity contribution is 0.566. The van der Waals surface area contributed by atoms with E-state index in [-0.39, 0.29) is 11.3 Å². The van der Waals surface area contributed by atoms with Gasteiger partial charge in [0.2, 0.25) is 5.28 Å². The summed E-state index contributed by atoms with van der Waals surface area (Å²) in [6.45, 7) is 0.642. The molecular formula is C19H21Cl2N5. The van der Waals surface area contributed by atoms with Gasteiger partial charge in [-0.25, -0.2) is 4.52 Å². The van der Waals surface area contributed by atoms with Crippen molar-refractivity contribution in [2.75, 3.05) is 5.32 Å². The molecule has 5 nitrogen and oxygen atoms in total. The fraction of sp³-hybridized carbons (Fsp3) is 0.368. The Hall–Kier alpha value is -1.82. The highest BCUT2D eigenvalue weighted by atomic mass is 35.5. The minimum Gasteiger partial charge on any atom is -0.364 e. The fourth-order valence-corrected chi connectivity index (χ4v) is 3.67. The second kappa shape index (κ2) is 7.43. The normalized spacial score (nSPS) is 15.3. The first-order valence-corrected chi connectivity index (χ1v) is 9.63. The van der Waals surface area contributed by atoms with E-state index in [1.807, 2.05) is 24.3 Å². The van der Waals surface area contributed by atoms with Gasteiger partial charge in [0.05, 0.1) is 0 Å². The number of anilines is 1. The molecule has 1 saturated carbocycles. The molecule has 0 radical (unpaired) electrons. The van der Waals surface area contributed by atoms with Crippen molar-refractivity contribution in [3.05, 3.63) is 58.0 Å². The van der Waals surface area contributed by atoms with Crippen LogP contribution in [0.1, 0.15) is 30.4 Å². The molecule has 136 valence electrons. The average Bonchev–Trinajstić information content (AvgIpc) is 3.39. The van der Waals surface area contributed by atoms with Crippen molar-refractivity contribution in [3.63, 3.8) is 0 Å². The van der Waals surface area contributed by atoms with Gasteiger partial charge in [0.1, 0.15) is 10.7 Å². The van der Waals surface area contributed by atoms with Crippen molar-refractivity contribution in [2.24, 2.45) is 11.7 Å². The molecule has 2 aromatic heterocycles. The van der Waals surface area contributed by atoms with Crippen LogP contribution in [0.4, 0.5) is 5.82 Å². The molecule has 0 spiro atoms. The number of halogens is 2. The van der Waals surface area contributed by atoms with Crippen LogP contribution in [0.2, 0.25) is 10.4 Å². The van der Waals surface area contributed by atoms with E-state index in [4.69, 9.17) is 28.9 Å². The van der Waals surface area contributed by atoms with Gasteiger partial charge < -0.3 is 11.1 Å². The number of aromatic nitrogens is 3. The number of benzene rings is 1. The van der Waals surface area contributed by atoms with E-state index >= 15 is 0 Å². The molecule has 1 atom stereocenters. The van der Waals surface area contributed by atoms with Gasteiger partial charge in [-0.1, -0.05) is 54.8 Å². The molecule has 1 aliphatic rings. The molecule has 3 N–H and O–H groups in total. The first-order valence-electron chi connectivity index (χ1n) is 8.87. The van der Waals surface area contributed by atoms with Gasteiger partial charge in [0.15, 0.2) is 5.82 Å². The molecule has 1 aliphatic carbocycles. The van der Waals surface area contributed by atoms with Gasteiger partial charge in [-0.2, -0.15) is 4.98 Å². The number of hydrogen-bond acceptors (Lipinski definition) is 4. The molecular weight excluding hydrogens is 369 g/mol. The average molecular weight is 390 g/mol. The van der Waals surface area contributed by atoms with Crippen LogP contribution in [0.5, 0.6) is 0 Å². The van der Waals surface area contributed by atoms with Gasteiger partial charge >= 0.3 is 0 Å². The predicted octanol–water partition coefficient (Wildman–Crippen LogP) is 4.32. The Kier molecular flexibility index (Phi) is 5.02. The second-order valence-electron chi connectivity index (χ2n) is 6.97. The Bertz CT molecular complexity index is 905. The van der Waals surface area contributed by atoms with E-state index in [2.05, 4.69) is 27.5 Å². The Labute approximate surface area is 162 Å². The minimum absolute atomic E-state index is 0.113. The van der Waals surface area contributed by atoms with Crippen LogP contribution in [-0.4, -0.2) is 20.6 Å². The predicted molar refractivity (Wildman–Crippen MR) is 106 cm³/mol. The lowest BCUT2D eigenvalue weighted by atomic mass is 10.0. The molecule has 3 aromatic rings. The zero-order valence-electron chi connectivity index (χ0n) is 14.3. The quantitative estimate of drug-likeness (QED) is 0.631. The van der Waals surface area contributed by atoms with Crippen LogP contribution in [0.3, 0.4) is 0 Å². The summed E-state index contributed by atoms with van der Waals surface area (Å²) >= 11 is 12.6. The topological polar surface area (TPSA) is 68.2 Å². The van der Waals surface area contributed by atoms with E-state index < -0.39 is 0 Å². The summed E-state index contributed by atoms with van der Waals surface area (Å²) < 4.78 is 1.64. The van der Waals surface area contributed by atoms with Gasteiger partial charge in [-0.15, -0.1) is 5.10 Å². The summed E-state index contributed by atoms with van der Waals surface area (Å²) in [5, 5.41) is 8.29. The molecule has 7 heteroatoms. The molecule has 0 bridgehead atoms. The molecule has 0 unspecified atom stereocenters. The summed E-state index contributed by atoms with van der Waals surface area (Å²) in [6.07, 6.45) is 4.38. The zero-order valence-corrected chi connectivity index (χ0v) is 15.8. The van der Waals surface area contributed by atoms with E-state index in [9.17, 15) is 0 Å². The van der Waals surface area contributed by atoms with Gasteiger partial charge in [-0.05, 0) is 47.6 Å². The minimum atomic E-state index is 0.113. The molecule has 0 saturated heterocycles. The first-order chi connectivity index (χ1) is 12.6. The van der Waals surface area contributed by atoms with E-state index in [1.54, 1.807) is 4.52 Å². The molecule has 0 amide bonds. The molecule has 1 aromatic carbocycles. The Morgan fingerprint density at radius 1 is 1.23 bits per heavy atom. The number of fused-ring (bicyclic) bond motifs is 1. The van der Waals surface area contributed by atoms with Gasteiger partial charge in [-0.3, -0.25) is 0 Å². The molecule has 1 fully saturated rings. The highest BCUT2D eigenvalue weighted by Crippen LogP contribution is 2.34. The van der Waals surface area contributed by atoms with Crippen LogP contribution in [0, 0.1) is 5.92 Å². The lowest BCUT2D eigenvalue weighted by Gasteiger charge is -2.09.